The van der Waals surface area contributed by atoms with Crippen LogP contribution in [0.25, 0.3) is 0 Å². The molecule has 1 atom stereocenters. The zero-order valence-electron chi connectivity index (χ0n) is 16.5. The predicted octanol–water partition coefficient (Wildman–Crippen LogP) is 5.21. The minimum absolute atomic E-state index is 0.00498. The van der Waals surface area contributed by atoms with Gasteiger partial charge in [-0.15, -0.1) is 0 Å². The van der Waals surface area contributed by atoms with E-state index in [1.165, 1.54) is 29.2 Å². The summed E-state index contributed by atoms with van der Waals surface area (Å²) in [6.07, 6.45) is 0. The number of hydrogen-bond donors (Lipinski definition) is 1. The van der Waals surface area contributed by atoms with Crippen LogP contribution in [-0.2, 0) is 11.3 Å². The molecule has 1 aliphatic heterocycles. The lowest BCUT2D eigenvalue weighted by molar-refractivity contribution is -0.127. The fourth-order valence-corrected chi connectivity index (χ4v) is 3.61. The van der Waals surface area contributed by atoms with Gasteiger partial charge in [0.15, 0.2) is 0 Å². The van der Waals surface area contributed by atoms with Crippen molar-refractivity contribution in [3.63, 3.8) is 0 Å². The molecule has 9 heteroatoms. The second kappa shape index (κ2) is 8.40. The van der Waals surface area contributed by atoms with Crippen LogP contribution in [0, 0.1) is 0 Å². The first-order valence-corrected chi connectivity index (χ1v) is 9.87. The number of halogens is 4. The summed E-state index contributed by atoms with van der Waals surface area (Å²) in [5.41, 5.74) is 0.896. The van der Waals surface area contributed by atoms with E-state index in [1.807, 2.05) is 20.8 Å². The molecule has 1 unspecified atom stereocenters. The summed E-state index contributed by atoms with van der Waals surface area (Å²) in [5, 5.41) is 3.35. The SMILES string of the molecule is CC(C)(C)NC(=O)C1c2cc(Cl)c(Cl)cc2C(=O)N1Cc1ccc(OC(F)F)cc1. The molecule has 0 saturated heterocycles. The smallest absolute Gasteiger partial charge is 0.387 e. The summed E-state index contributed by atoms with van der Waals surface area (Å²) in [6, 6.07) is 7.97. The molecule has 0 radical (unpaired) electrons. The van der Waals surface area contributed by atoms with Crippen LogP contribution >= 0.6 is 23.2 Å². The zero-order valence-corrected chi connectivity index (χ0v) is 18.0. The van der Waals surface area contributed by atoms with Crippen molar-refractivity contribution >= 4 is 35.0 Å². The third-order valence-electron chi connectivity index (χ3n) is 4.44. The standard InChI is InChI=1S/C21H20Cl2F2N2O3/c1-21(2,3)26-18(28)17-13-8-15(22)16(23)9-14(13)19(29)27(17)10-11-4-6-12(7-5-11)30-20(24)25/h4-9,17,20H,10H2,1-3H3,(H,26,28). The lowest BCUT2D eigenvalue weighted by atomic mass is 10.0. The van der Waals surface area contributed by atoms with Gasteiger partial charge in [0.1, 0.15) is 11.8 Å². The Morgan fingerprint density at radius 1 is 1.17 bits per heavy atom. The van der Waals surface area contributed by atoms with Crippen molar-refractivity contribution < 1.29 is 23.1 Å². The van der Waals surface area contributed by atoms with Gasteiger partial charge in [0, 0.05) is 17.6 Å². The molecule has 0 fully saturated rings. The van der Waals surface area contributed by atoms with Crippen molar-refractivity contribution in [2.75, 3.05) is 0 Å². The summed E-state index contributed by atoms with van der Waals surface area (Å²) in [5.74, 6) is -0.721. The van der Waals surface area contributed by atoms with Crippen molar-refractivity contribution in [1.29, 1.82) is 0 Å². The van der Waals surface area contributed by atoms with E-state index in [1.54, 1.807) is 12.1 Å². The van der Waals surface area contributed by atoms with Crippen LogP contribution < -0.4 is 10.1 Å². The molecule has 0 spiro atoms. The second-order valence-electron chi connectivity index (χ2n) is 7.95. The Balaban J connectivity index is 1.94. The monoisotopic (exact) mass is 456 g/mol. The lowest BCUT2D eigenvalue weighted by Gasteiger charge is -2.29. The summed E-state index contributed by atoms with van der Waals surface area (Å²) in [4.78, 5) is 27.5. The average Bonchev–Trinajstić information content (AvgIpc) is 2.87. The van der Waals surface area contributed by atoms with Crippen LogP contribution in [0.2, 0.25) is 10.0 Å². The highest BCUT2D eigenvalue weighted by atomic mass is 35.5. The van der Waals surface area contributed by atoms with Crippen molar-refractivity contribution in [3.05, 3.63) is 63.1 Å². The first-order valence-electron chi connectivity index (χ1n) is 9.12. The molecule has 2 amide bonds. The molecule has 0 aromatic heterocycles. The molecule has 30 heavy (non-hydrogen) atoms. The van der Waals surface area contributed by atoms with E-state index in [9.17, 15) is 18.4 Å². The van der Waals surface area contributed by atoms with Gasteiger partial charge in [0.2, 0.25) is 5.91 Å². The molecule has 0 bridgehead atoms. The second-order valence-corrected chi connectivity index (χ2v) is 8.77. The Hall–Kier alpha value is -2.38. The number of hydrogen-bond acceptors (Lipinski definition) is 3. The number of ether oxygens (including phenoxy) is 1. The number of benzene rings is 2. The summed E-state index contributed by atoms with van der Waals surface area (Å²) < 4.78 is 29.0. The van der Waals surface area contributed by atoms with E-state index in [4.69, 9.17) is 23.2 Å². The first-order chi connectivity index (χ1) is 14.0. The number of nitrogens with one attached hydrogen (secondary N) is 1. The number of rotatable bonds is 5. The van der Waals surface area contributed by atoms with Gasteiger partial charge >= 0.3 is 6.61 Å². The molecule has 1 N–H and O–H groups in total. The van der Waals surface area contributed by atoms with Crippen molar-refractivity contribution in [3.8, 4) is 5.75 Å². The van der Waals surface area contributed by atoms with E-state index < -0.39 is 18.2 Å². The largest absolute Gasteiger partial charge is 0.435 e. The normalized spacial score (nSPS) is 16.1. The van der Waals surface area contributed by atoms with Crippen LogP contribution in [0.4, 0.5) is 8.78 Å². The molecule has 160 valence electrons. The van der Waals surface area contributed by atoms with Gasteiger partial charge < -0.3 is 15.0 Å². The first kappa shape index (κ1) is 22.3. The van der Waals surface area contributed by atoms with Crippen molar-refractivity contribution in [2.45, 2.75) is 45.5 Å². The summed E-state index contributed by atoms with van der Waals surface area (Å²) in [7, 11) is 0. The minimum Gasteiger partial charge on any atom is -0.435 e. The number of amides is 2. The Bertz CT molecular complexity index is 975. The number of fused-ring (bicyclic) bond motifs is 1. The summed E-state index contributed by atoms with van der Waals surface area (Å²) in [6.45, 7) is 2.67. The van der Waals surface area contributed by atoms with Gasteiger partial charge in [-0.3, -0.25) is 9.59 Å². The highest BCUT2D eigenvalue weighted by Crippen LogP contribution is 2.39. The molecule has 2 aromatic carbocycles. The summed E-state index contributed by atoms with van der Waals surface area (Å²) >= 11 is 12.2. The molecule has 1 heterocycles. The highest BCUT2D eigenvalue weighted by molar-refractivity contribution is 6.42. The van der Waals surface area contributed by atoms with Gasteiger partial charge in [0.25, 0.3) is 5.91 Å². The predicted molar refractivity (Wildman–Crippen MR) is 110 cm³/mol. The molecular weight excluding hydrogens is 437 g/mol. The lowest BCUT2D eigenvalue weighted by Crippen LogP contribution is -2.46. The Morgan fingerprint density at radius 2 is 1.77 bits per heavy atom. The van der Waals surface area contributed by atoms with E-state index in [2.05, 4.69) is 10.1 Å². The molecule has 0 saturated carbocycles. The molecule has 2 aromatic rings. The molecular formula is C21H20Cl2F2N2O3. The third kappa shape index (κ3) is 4.84. The average molecular weight is 457 g/mol. The fourth-order valence-electron chi connectivity index (χ4n) is 3.27. The Kier molecular flexibility index (Phi) is 6.24. The van der Waals surface area contributed by atoms with E-state index in [-0.39, 0.29) is 34.2 Å². The van der Waals surface area contributed by atoms with Crippen molar-refractivity contribution in [1.82, 2.24) is 10.2 Å². The van der Waals surface area contributed by atoms with Gasteiger partial charge in [-0.05, 0) is 56.2 Å². The molecule has 3 rings (SSSR count). The third-order valence-corrected chi connectivity index (χ3v) is 5.16. The van der Waals surface area contributed by atoms with E-state index in [0.29, 0.717) is 16.7 Å². The maximum Gasteiger partial charge on any atom is 0.387 e. The number of carbonyl (C=O) groups excluding carboxylic acids is 2. The van der Waals surface area contributed by atoms with Crippen LogP contribution in [0.15, 0.2) is 36.4 Å². The molecule has 1 aliphatic rings. The van der Waals surface area contributed by atoms with E-state index in [0.717, 1.165) is 0 Å². The zero-order chi connectivity index (χ0) is 22.2. The van der Waals surface area contributed by atoms with Crippen LogP contribution in [0.5, 0.6) is 5.75 Å². The Labute approximate surface area is 182 Å². The van der Waals surface area contributed by atoms with Gasteiger partial charge in [-0.25, -0.2) is 0 Å². The minimum atomic E-state index is -2.93. The van der Waals surface area contributed by atoms with Gasteiger partial charge in [-0.1, -0.05) is 35.3 Å². The van der Waals surface area contributed by atoms with Crippen LogP contribution in [0.3, 0.4) is 0 Å². The molecule has 0 aliphatic carbocycles. The fraction of sp³-hybridized carbons (Fsp3) is 0.333. The van der Waals surface area contributed by atoms with Crippen LogP contribution in [-0.4, -0.2) is 28.9 Å². The van der Waals surface area contributed by atoms with E-state index >= 15 is 0 Å². The van der Waals surface area contributed by atoms with Gasteiger partial charge in [0.05, 0.1) is 10.0 Å². The van der Waals surface area contributed by atoms with Gasteiger partial charge in [-0.2, -0.15) is 8.78 Å². The Morgan fingerprint density at radius 3 is 2.33 bits per heavy atom. The number of alkyl halides is 2. The maximum absolute atomic E-state index is 13.1. The number of nitrogens with zero attached hydrogens (tertiary/aromatic N) is 1. The van der Waals surface area contributed by atoms with Crippen molar-refractivity contribution in [2.24, 2.45) is 0 Å². The van der Waals surface area contributed by atoms with Crippen LogP contribution in [0.1, 0.15) is 48.3 Å². The topological polar surface area (TPSA) is 58.6 Å². The molecule has 5 nitrogen and oxygen atoms in total. The number of carbonyl (C=O) groups is 2. The highest BCUT2D eigenvalue weighted by Gasteiger charge is 2.42. The maximum atomic E-state index is 13.1. The quantitative estimate of drug-likeness (QED) is 0.671.